The van der Waals surface area contributed by atoms with Crippen molar-refractivity contribution in [3.8, 4) is 0 Å². The lowest BCUT2D eigenvalue weighted by Gasteiger charge is -2.22. The van der Waals surface area contributed by atoms with Crippen LogP contribution in [0.2, 0.25) is 0 Å². The van der Waals surface area contributed by atoms with E-state index >= 15 is 0 Å². The molecule has 0 heterocycles. The minimum atomic E-state index is 0.106. The van der Waals surface area contributed by atoms with E-state index in [0.717, 1.165) is 19.5 Å². The minimum absolute atomic E-state index is 0.106. The van der Waals surface area contributed by atoms with Gasteiger partial charge in [-0.05, 0) is 18.9 Å². The number of rotatable bonds is 6. The van der Waals surface area contributed by atoms with E-state index in [1.165, 1.54) is 0 Å². The van der Waals surface area contributed by atoms with Crippen LogP contribution < -0.4 is 5.32 Å². The average molecular weight is 186 g/mol. The molecule has 0 saturated heterocycles. The fourth-order valence-electron chi connectivity index (χ4n) is 1.35. The SMILES string of the molecule is CCCN(CC(=O)NC)CC(C)C. The quantitative estimate of drug-likeness (QED) is 0.673. The lowest BCUT2D eigenvalue weighted by atomic mass is 10.2. The van der Waals surface area contributed by atoms with Crippen molar-refractivity contribution >= 4 is 5.91 Å². The van der Waals surface area contributed by atoms with E-state index in [9.17, 15) is 4.79 Å². The number of nitrogens with one attached hydrogen (secondary N) is 1. The van der Waals surface area contributed by atoms with Crippen molar-refractivity contribution in [2.45, 2.75) is 27.2 Å². The van der Waals surface area contributed by atoms with Gasteiger partial charge >= 0.3 is 0 Å². The number of hydrogen-bond acceptors (Lipinski definition) is 2. The first-order valence-electron chi connectivity index (χ1n) is 5.03. The molecule has 0 fully saturated rings. The number of hydrogen-bond donors (Lipinski definition) is 1. The van der Waals surface area contributed by atoms with Gasteiger partial charge in [0.1, 0.15) is 0 Å². The normalized spacial score (nSPS) is 10.9. The average Bonchev–Trinajstić information content (AvgIpc) is 2.03. The summed E-state index contributed by atoms with van der Waals surface area (Å²) in [4.78, 5) is 13.3. The van der Waals surface area contributed by atoms with Gasteiger partial charge in [0.15, 0.2) is 0 Å². The predicted molar refractivity (Wildman–Crippen MR) is 55.6 cm³/mol. The van der Waals surface area contributed by atoms with Crippen molar-refractivity contribution in [1.29, 1.82) is 0 Å². The van der Waals surface area contributed by atoms with Crippen molar-refractivity contribution in [3.05, 3.63) is 0 Å². The van der Waals surface area contributed by atoms with E-state index < -0.39 is 0 Å². The van der Waals surface area contributed by atoms with Crippen LogP contribution in [0, 0.1) is 5.92 Å². The van der Waals surface area contributed by atoms with Crippen LogP contribution in [0.5, 0.6) is 0 Å². The molecule has 0 saturated carbocycles. The zero-order valence-electron chi connectivity index (χ0n) is 9.26. The lowest BCUT2D eigenvalue weighted by Crippen LogP contribution is -2.38. The van der Waals surface area contributed by atoms with E-state index in [1.54, 1.807) is 7.05 Å². The van der Waals surface area contributed by atoms with Crippen molar-refractivity contribution in [1.82, 2.24) is 10.2 Å². The maximum atomic E-state index is 11.1. The molecule has 0 aliphatic rings. The van der Waals surface area contributed by atoms with E-state index in [1.807, 2.05) is 0 Å². The molecule has 0 radical (unpaired) electrons. The molecule has 0 aliphatic carbocycles. The molecule has 13 heavy (non-hydrogen) atoms. The molecular weight excluding hydrogens is 164 g/mol. The summed E-state index contributed by atoms with van der Waals surface area (Å²) in [5, 5.41) is 2.65. The van der Waals surface area contributed by atoms with Crippen molar-refractivity contribution in [2.24, 2.45) is 5.92 Å². The highest BCUT2D eigenvalue weighted by Crippen LogP contribution is 1.99. The Labute approximate surface area is 81.5 Å². The highest BCUT2D eigenvalue weighted by Gasteiger charge is 2.09. The van der Waals surface area contributed by atoms with Crippen molar-refractivity contribution in [3.63, 3.8) is 0 Å². The molecule has 3 heteroatoms. The molecule has 1 amide bonds. The summed E-state index contributed by atoms with van der Waals surface area (Å²) in [6.07, 6.45) is 1.10. The van der Waals surface area contributed by atoms with Crippen molar-refractivity contribution in [2.75, 3.05) is 26.7 Å². The van der Waals surface area contributed by atoms with Gasteiger partial charge in [-0.15, -0.1) is 0 Å². The summed E-state index contributed by atoms with van der Waals surface area (Å²) in [7, 11) is 1.68. The Bertz CT molecular complexity index is 146. The molecule has 0 bridgehead atoms. The van der Waals surface area contributed by atoms with Crippen LogP contribution >= 0.6 is 0 Å². The van der Waals surface area contributed by atoms with Gasteiger partial charge in [0.05, 0.1) is 6.54 Å². The topological polar surface area (TPSA) is 32.3 Å². The molecule has 3 nitrogen and oxygen atoms in total. The number of nitrogens with zero attached hydrogens (tertiary/aromatic N) is 1. The maximum Gasteiger partial charge on any atom is 0.233 e. The molecule has 0 spiro atoms. The number of likely N-dealkylation sites (N-methyl/N-ethyl adjacent to an activating group) is 1. The van der Waals surface area contributed by atoms with Crippen LogP contribution in [0.4, 0.5) is 0 Å². The molecule has 0 aliphatic heterocycles. The second-order valence-corrected chi connectivity index (χ2v) is 3.80. The fourth-order valence-corrected chi connectivity index (χ4v) is 1.35. The van der Waals surface area contributed by atoms with Gasteiger partial charge in [-0.1, -0.05) is 20.8 Å². The summed E-state index contributed by atoms with van der Waals surface area (Å²) in [6.45, 7) is 9.02. The van der Waals surface area contributed by atoms with Gasteiger partial charge < -0.3 is 5.32 Å². The lowest BCUT2D eigenvalue weighted by molar-refractivity contribution is -0.121. The zero-order valence-corrected chi connectivity index (χ0v) is 9.26. The monoisotopic (exact) mass is 186 g/mol. The Morgan fingerprint density at radius 3 is 2.46 bits per heavy atom. The van der Waals surface area contributed by atoms with Gasteiger partial charge in [-0.3, -0.25) is 9.69 Å². The molecule has 1 N–H and O–H groups in total. The first kappa shape index (κ1) is 12.4. The molecule has 0 aromatic heterocycles. The van der Waals surface area contributed by atoms with Crippen LogP contribution in [-0.4, -0.2) is 37.5 Å². The maximum absolute atomic E-state index is 11.1. The second-order valence-electron chi connectivity index (χ2n) is 3.80. The van der Waals surface area contributed by atoms with Gasteiger partial charge in [0.25, 0.3) is 0 Å². The second kappa shape index (κ2) is 6.89. The summed E-state index contributed by atoms with van der Waals surface area (Å²) < 4.78 is 0. The summed E-state index contributed by atoms with van der Waals surface area (Å²) >= 11 is 0. The van der Waals surface area contributed by atoms with Crippen LogP contribution in [0.25, 0.3) is 0 Å². The van der Waals surface area contributed by atoms with E-state index in [4.69, 9.17) is 0 Å². The van der Waals surface area contributed by atoms with Crippen LogP contribution in [-0.2, 0) is 4.79 Å². The Morgan fingerprint density at radius 1 is 1.46 bits per heavy atom. The van der Waals surface area contributed by atoms with Gasteiger partial charge in [-0.2, -0.15) is 0 Å². The molecule has 0 aromatic rings. The van der Waals surface area contributed by atoms with Crippen molar-refractivity contribution < 1.29 is 4.79 Å². The third-order valence-electron chi connectivity index (χ3n) is 1.81. The molecule has 0 unspecified atom stereocenters. The van der Waals surface area contributed by atoms with Crippen LogP contribution in [0.1, 0.15) is 27.2 Å². The summed E-state index contributed by atoms with van der Waals surface area (Å²) in [5.74, 6) is 0.727. The first-order valence-corrected chi connectivity index (χ1v) is 5.03. The smallest absolute Gasteiger partial charge is 0.233 e. The third-order valence-corrected chi connectivity index (χ3v) is 1.81. The first-order chi connectivity index (χ1) is 6.10. The van der Waals surface area contributed by atoms with Crippen LogP contribution in [0.3, 0.4) is 0 Å². The Hall–Kier alpha value is -0.570. The van der Waals surface area contributed by atoms with Crippen LogP contribution in [0.15, 0.2) is 0 Å². The Balaban J connectivity index is 3.86. The van der Waals surface area contributed by atoms with Gasteiger partial charge in [0, 0.05) is 13.6 Å². The Kier molecular flexibility index (Phi) is 6.59. The molecule has 0 rings (SSSR count). The third kappa shape index (κ3) is 6.58. The summed E-state index contributed by atoms with van der Waals surface area (Å²) in [5.41, 5.74) is 0. The number of amides is 1. The highest BCUT2D eigenvalue weighted by molar-refractivity contribution is 5.77. The number of carbonyl (C=O) groups excluding carboxylic acids is 1. The van der Waals surface area contributed by atoms with Gasteiger partial charge in [-0.25, -0.2) is 0 Å². The molecule has 0 atom stereocenters. The fraction of sp³-hybridized carbons (Fsp3) is 0.900. The standard InChI is InChI=1S/C10H22N2O/c1-5-6-12(7-9(2)3)8-10(13)11-4/h9H,5-8H2,1-4H3,(H,11,13). The number of carbonyl (C=O) groups is 1. The molecular formula is C10H22N2O. The largest absolute Gasteiger partial charge is 0.358 e. The van der Waals surface area contributed by atoms with E-state index in [2.05, 4.69) is 31.0 Å². The van der Waals surface area contributed by atoms with E-state index in [0.29, 0.717) is 12.5 Å². The zero-order chi connectivity index (χ0) is 10.3. The summed E-state index contributed by atoms with van der Waals surface area (Å²) in [6, 6.07) is 0. The molecule has 0 aromatic carbocycles. The van der Waals surface area contributed by atoms with E-state index in [-0.39, 0.29) is 5.91 Å². The Morgan fingerprint density at radius 2 is 2.08 bits per heavy atom. The molecule has 78 valence electrons. The minimum Gasteiger partial charge on any atom is -0.358 e. The predicted octanol–water partition coefficient (Wildman–Crippen LogP) is 1.10. The van der Waals surface area contributed by atoms with Gasteiger partial charge in [0.2, 0.25) is 5.91 Å². The highest BCUT2D eigenvalue weighted by atomic mass is 16.1.